The van der Waals surface area contributed by atoms with Crippen molar-refractivity contribution in [3.8, 4) is 0 Å². The Morgan fingerprint density at radius 2 is 2.09 bits per heavy atom. The molecule has 1 atom stereocenters. The van der Waals surface area contributed by atoms with Crippen molar-refractivity contribution in [2.75, 3.05) is 19.0 Å². The van der Waals surface area contributed by atoms with E-state index in [0.717, 1.165) is 23.9 Å². The summed E-state index contributed by atoms with van der Waals surface area (Å²) in [5, 5.41) is 7.76. The predicted molar refractivity (Wildman–Crippen MR) is 92.7 cm³/mol. The van der Waals surface area contributed by atoms with Crippen LogP contribution in [0.5, 0.6) is 0 Å². The van der Waals surface area contributed by atoms with Gasteiger partial charge in [-0.25, -0.2) is 9.97 Å². The van der Waals surface area contributed by atoms with Crippen molar-refractivity contribution in [1.29, 1.82) is 0 Å². The number of ether oxygens (including phenoxy) is 1. The van der Waals surface area contributed by atoms with Crippen LogP contribution in [0.15, 0.2) is 22.9 Å². The van der Waals surface area contributed by atoms with Crippen LogP contribution in [0.25, 0.3) is 0 Å². The Labute approximate surface area is 137 Å². The number of hydrogen-bond donors (Lipinski definition) is 1. The zero-order valence-electron chi connectivity index (χ0n) is 14.0. The number of methoxy groups -OCH3 is 1. The fourth-order valence-corrected chi connectivity index (χ4v) is 2.86. The maximum atomic E-state index is 5.22. The molecule has 0 aliphatic carbocycles. The van der Waals surface area contributed by atoms with Gasteiger partial charge in [0.2, 0.25) is 0 Å². The van der Waals surface area contributed by atoms with Gasteiger partial charge in [-0.3, -0.25) is 0 Å². The van der Waals surface area contributed by atoms with E-state index in [1.54, 1.807) is 18.4 Å². The summed E-state index contributed by atoms with van der Waals surface area (Å²) in [5.74, 6) is 2.16. The van der Waals surface area contributed by atoms with Gasteiger partial charge < -0.3 is 10.1 Å². The minimum absolute atomic E-state index is 0.0842. The van der Waals surface area contributed by atoms with Crippen molar-refractivity contribution in [1.82, 2.24) is 9.97 Å². The lowest BCUT2D eigenvalue weighted by molar-refractivity contribution is 0.181. The third-order valence-corrected chi connectivity index (χ3v) is 4.15. The number of nitrogens with zero attached hydrogens (tertiary/aromatic N) is 2. The van der Waals surface area contributed by atoms with Gasteiger partial charge in [-0.05, 0) is 28.3 Å². The zero-order valence-corrected chi connectivity index (χ0v) is 14.8. The predicted octanol–water partition coefficient (Wildman–Crippen LogP) is 4.20. The van der Waals surface area contributed by atoms with Crippen LogP contribution in [0.2, 0.25) is 0 Å². The van der Waals surface area contributed by atoms with Crippen molar-refractivity contribution >= 4 is 17.2 Å². The molecule has 0 bridgehead atoms. The van der Waals surface area contributed by atoms with Crippen molar-refractivity contribution in [3.05, 3.63) is 40.0 Å². The van der Waals surface area contributed by atoms with Crippen molar-refractivity contribution in [2.45, 2.75) is 45.6 Å². The monoisotopic (exact) mass is 319 g/mol. The molecule has 2 heterocycles. The Bertz CT molecular complexity index is 590. The van der Waals surface area contributed by atoms with Crippen LogP contribution in [0.3, 0.4) is 0 Å². The highest BCUT2D eigenvalue weighted by atomic mass is 32.1. The van der Waals surface area contributed by atoms with E-state index in [-0.39, 0.29) is 5.41 Å². The lowest BCUT2D eigenvalue weighted by Gasteiger charge is -2.19. The average molecular weight is 319 g/mol. The van der Waals surface area contributed by atoms with Crippen LogP contribution >= 0.6 is 11.3 Å². The second kappa shape index (κ2) is 7.20. The van der Waals surface area contributed by atoms with Gasteiger partial charge in [0.25, 0.3) is 0 Å². The van der Waals surface area contributed by atoms with E-state index >= 15 is 0 Å². The quantitative estimate of drug-likeness (QED) is 0.867. The molecule has 2 rings (SSSR count). The first-order chi connectivity index (χ1) is 10.4. The van der Waals surface area contributed by atoms with Gasteiger partial charge in [-0.15, -0.1) is 0 Å². The lowest BCUT2D eigenvalue weighted by Crippen LogP contribution is -2.19. The number of rotatable bonds is 6. The maximum absolute atomic E-state index is 5.22. The van der Waals surface area contributed by atoms with E-state index in [2.05, 4.69) is 59.8 Å². The Morgan fingerprint density at radius 3 is 2.68 bits per heavy atom. The van der Waals surface area contributed by atoms with Gasteiger partial charge in [0.15, 0.2) is 0 Å². The minimum Gasteiger partial charge on any atom is -0.378 e. The first-order valence-corrected chi connectivity index (χ1v) is 8.47. The molecule has 0 aliphatic rings. The second-order valence-corrected chi connectivity index (χ2v) is 7.37. The van der Waals surface area contributed by atoms with Crippen LogP contribution in [-0.2, 0) is 16.8 Å². The van der Waals surface area contributed by atoms with Crippen molar-refractivity contribution in [2.24, 2.45) is 0 Å². The Morgan fingerprint density at radius 1 is 1.32 bits per heavy atom. The number of nitrogens with one attached hydrogen (secondary N) is 1. The number of thiophene rings is 1. The zero-order chi connectivity index (χ0) is 16.2. The Kier molecular flexibility index (Phi) is 5.53. The van der Waals surface area contributed by atoms with Crippen LogP contribution in [-0.4, -0.2) is 23.6 Å². The largest absolute Gasteiger partial charge is 0.378 e. The van der Waals surface area contributed by atoms with Crippen LogP contribution in [0.1, 0.15) is 50.7 Å². The standard InChI is InChI=1S/C17H25N3OS/c1-12(13-6-7-22-11-13)9-18-15-8-14(10-21-5)19-16(20-15)17(2,3)4/h6-8,11-12H,9-10H2,1-5H3,(H,18,19,20). The summed E-state index contributed by atoms with van der Waals surface area (Å²) in [6, 6.07) is 4.15. The van der Waals surface area contributed by atoms with Gasteiger partial charge in [-0.2, -0.15) is 11.3 Å². The average Bonchev–Trinajstić information content (AvgIpc) is 2.98. The van der Waals surface area contributed by atoms with Gasteiger partial charge in [0.1, 0.15) is 11.6 Å². The summed E-state index contributed by atoms with van der Waals surface area (Å²) in [6.07, 6.45) is 0. The lowest BCUT2D eigenvalue weighted by atomic mass is 9.95. The van der Waals surface area contributed by atoms with Crippen LogP contribution in [0, 0.1) is 0 Å². The first kappa shape index (κ1) is 16.9. The molecule has 5 heteroatoms. The molecule has 0 aliphatic heterocycles. The Balaban J connectivity index is 2.13. The summed E-state index contributed by atoms with van der Waals surface area (Å²) in [6.45, 7) is 9.94. The molecule has 0 saturated carbocycles. The third kappa shape index (κ3) is 4.52. The van der Waals surface area contributed by atoms with E-state index in [0.29, 0.717) is 12.5 Å². The molecule has 1 N–H and O–H groups in total. The minimum atomic E-state index is -0.0842. The maximum Gasteiger partial charge on any atom is 0.136 e. The number of hydrogen-bond acceptors (Lipinski definition) is 5. The highest BCUT2D eigenvalue weighted by molar-refractivity contribution is 7.07. The van der Waals surface area contributed by atoms with E-state index < -0.39 is 0 Å². The van der Waals surface area contributed by atoms with Crippen molar-refractivity contribution < 1.29 is 4.74 Å². The summed E-state index contributed by atoms with van der Waals surface area (Å²) < 4.78 is 5.22. The number of aromatic nitrogens is 2. The van der Waals surface area contributed by atoms with E-state index in [1.807, 2.05) is 6.07 Å². The van der Waals surface area contributed by atoms with Gasteiger partial charge in [0.05, 0.1) is 12.3 Å². The molecular weight excluding hydrogens is 294 g/mol. The van der Waals surface area contributed by atoms with E-state index in [9.17, 15) is 0 Å². The summed E-state index contributed by atoms with van der Waals surface area (Å²) >= 11 is 1.73. The van der Waals surface area contributed by atoms with Gasteiger partial charge in [0, 0.05) is 25.1 Å². The molecule has 0 amide bonds. The van der Waals surface area contributed by atoms with Gasteiger partial charge >= 0.3 is 0 Å². The van der Waals surface area contributed by atoms with Crippen LogP contribution in [0.4, 0.5) is 5.82 Å². The Hall–Kier alpha value is -1.46. The number of anilines is 1. The van der Waals surface area contributed by atoms with Gasteiger partial charge in [-0.1, -0.05) is 27.7 Å². The molecule has 0 aromatic carbocycles. The summed E-state index contributed by atoms with van der Waals surface area (Å²) in [4.78, 5) is 9.26. The molecule has 0 fully saturated rings. The molecule has 0 spiro atoms. The highest BCUT2D eigenvalue weighted by Gasteiger charge is 2.19. The SMILES string of the molecule is COCc1cc(NCC(C)c2ccsc2)nc(C(C)(C)C)n1. The molecule has 22 heavy (non-hydrogen) atoms. The summed E-state index contributed by atoms with van der Waals surface area (Å²) in [5.41, 5.74) is 2.19. The fraction of sp³-hybridized carbons (Fsp3) is 0.529. The van der Waals surface area contributed by atoms with Crippen LogP contribution < -0.4 is 5.32 Å². The molecule has 2 aromatic rings. The molecule has 0 radical (unpaired) electrons. The third-order valence-electron chi connectivity index (χ3n) is 3.44. The molecule has 0 saturated heterocycles. The molecule has 120 valence electrons. The topological polar surface area (TPSA) is 47.0 Å². The highest BCUT2D eigenvalue weighted by Crippen LogP contribution is 2.22. The second-order valence-electron chi connectivity index (χ2n) is 6.59. The normalized spacial score (nSPS) is 13.1. The van der Waals surface area contributed by atoms with E-state index in [1.165, 1.54) is 5.56 Å². The first-order valence-electron chi connectivity index (χ1n) is 7.53. The fourth-order valence-electron chi connectivity index (χ4n) is 2.08. The van der Waals surface area contributed by atoms with Crippen molar-refractivity contribution in [3.63, 3.8) is 0 Å². The smallest absolute Gasteiger partial charge is 0.136 e. The summed E-state index contributed by atoms with van der Waals surface area (Å²) in [7, 11) is 1.69. The molecule has 4 nitrogen and oxygen atoms in total. The van der Waals surface area contributed by atoms with E-state index in [4.69, 9.17) is 4.74 Å². The molecule has 2 aromatic heterocycles. The molecular formula is C17H25N3OS. The molecule has 1 unspecified atom stereocenters.